The molecule has 178 valence electrons. The molecule has 0 spiro atoms. The van der Waals surface area contributed by atoms with Crippen molar-refractivity contribution >= 4 is 35.1 Å². The third-order valence-corrected chi connectivity index (χ3v) is 5.80. The molecular weight excluding hydrogens is 420 g/mol. The summed E-state index contributed by atoms with van der Waals surface area (Å²) in [5, 5.41) is 6.58. The first-order valence-electron chi connectivity index (χ1n) is 11.6. The zero-order chi connectivity index (χ0) is 23.4. The summed E-state index contributed by atoms with van der Waals surface area (Å²) in [4.78, 5) is 29.6. The minimum atomic E-state index is -0.484. The molecule has 4 rings (SSSR count). The molecular formula is C23H34N8O2. The Bertz CT molecular complexity index is 946. The molecule has 1 amide bonds. The number of nitrogen functional groups attached to an aromatic ring is 1. The van der Waals surface area contributed by atoms with Crippen LogP contribution in [0.5, 0.6) is 0 Å². The summed E-state index contributed by atoms with van der Waals surface area (Å²) < 4.78 is 5.47. The number of ether oxygens (including phenoxy) is 1. The number of rotatable bonds is 5. The van der Waals surface area contributed by atoms with Gasteiger partial charge in [-0.05, 0) is 45.7 Å². The average Bonchev–Trinajstić information content (AvgIpc) is 3.29. The molecule has 0 aromatic carbocycles. The number of nitrogens with one attached hydrogen (secondary N) is 2. The van der Waals surface area contributed by atoms with E-state index in [4.69, 9.17) is 10.5 Å². The van der Waals surface area contributed by atoms with E-state index in [1.54, 1.807) is 11.1 Å². The fraction of sp³-hybridized carbons (Fsp3) is 0.565. The Hall–Kier alpha value is -3.30. The molecule has 3 heterocycles. The molecule has 0 radical (unpaired) electrons. The molecule has 4 N–H and O–H groups in total. The van der Waals surface area contributed by atoms with Crippen LogP contribution in [0.15, 0.2) is 24.5 Å². The highest BCUT2D eigenvalue weighted by atomic mass is 16.6. The largest absolute Gasteiger partial charge is 0.444 e. The second kappa shape index (κ2) is 9.68. The molecule has 10 nitrogen and oxygen atoms in total. The zero-order valence-corrected chi connectivity index (χ0v) is 19.7. The van der Waals surface area contributed by atoms with Crippen molar-refractivity contribution in [3.8, 4) is 0 Å². The summed E-state index contributed by atoms with van der Waals surface area (Å²) >= 11 is 0. The predicted octanol–water partition coefficient (Wildman–Crippen LogP) is 3.61. The minimum absolute atomic E-state index is 0.259. The molecule has 2 fully saturated rings. The predicted molar refractivity (Wildman–Crippen MR) is 130 cm³/mol. The number of hydrogen-bond acceptors (Lipinski definition) is 9. The molecule has 0 unspecified atom stereocenters. The summed E-state index contributed by atoms with van der Waals surface area (Å²) in [7, 11) is 0. The lowest BCUT2D eigenvalue weighted by Crippen LogP contribution is -2.50. The Labute approximate surface area is 194 Å². The summed E-state index contributed by atoms with van der Waals surface area (Å²) in [5.41, 5.74) is 7.12. The fourth-order valence-corrected chi connectivity index (χ4v) is 4.07. The number of nitrogens with zero attached hydrogens (tertiary/aromatic N) is 5. The van der Waals surface area contributed by atoms with E-state index in [0.29, 0.717) is 42.4 Å². The van der Waals surface area contributed by atoms with E-state index >= 15 is 0 Å². The highest BCUT2D eigenvalue weighted by Crippen LogP contribution is 2.25. The van der Waals surface area contributed by atoms with Gasteiger partial charge in [0, 0.05) is 32.2 Å². The number of pyridine rings is 1. The van der Waals surface area contributed by atoms with Gasteiger partial charge in [0.15, 0.2) is 5.82 Å². The molecule has 0 atom stereocenters. The number of aromatic nitrogens is 3. The Morgan fingerprint density at radius 1 is 1.09 bits per heavy atom. The lowest BCUT2D eigenvalue weighted by atomic mass is 10.2. The van der Waals surface area contributed by atoms with Gasteiger partial charge in [0.1, 0.15) is 11.4 Å². The normalized spacial score (nSPS) is 17.2. The van der Waals surface area contributed by atoms with Gasteiger partial charge < -0.3 is 30.9 Å². The van der Waals surface area contributed by atoms with Crippen LogP contribution in [0.4, 0.5) is 33.8 Å². The van der Waals surface area contributed by atoms with E-state index < -0.39 is 5.60 Å². The third kappa shape index (κ3) is 6.15. The van der Waals surface area contributed by atoms with Crippen molar-refractivity contribution in [2.45, 2.75) is 58.1 Å². The van der Waals surface area contributed by atoms with Gasteiger partial charge in [-0.15, -0.1) is 0 Å². The molecule has 1 saturated carbocycles. The molecule has 2 aromatic rings. The maximum absolute atomic E-state index is 12.3. The second-order valence-corrected chi connectivity index (χ2v) is 9.60. The first-order valence-corrected chi connectivity index (χ1v) is 11.6. The number of carbonyl (C=O) groups excluding carboxylic acids is 1. The molecule has 1 aliphatic carbocycles. The van der Waals surface area contributed by atoms with E-state index in [1.165, 1.54) is 12.8 Å². The van der Waals surface area contributed by atoms with Gasteiger partial charge in [0.05, 0.1) is 23.8 Å². The van der Waals surface area contributed by atoms with Gasteiger partial charge in [-0.1, -0.05) is 12.8 Å². The van der Waals surface area contributed by atoms with E-state index in [1.807, 2.05) is 39.1 Å². The number of piperazine rings is 1. The van der Waals surface area contributed by atoms with Crippen LogP contribution in [0.2, 0.25) is 0 Å². The van der Waals surface area contributed by atoms with Crippen molar-refractivity contribution in [3.05, 3.63) is 24.5 Å². The summed E-state index contributed by atoms with van der Waals surface area (Å²) in [6.07, 6.45) is 7.93. The van der Waals surface area contributed by atoms with Crippen molar-refractivity contribution < 1.29 is 9.53 Å². The molecule has 1 aliphatic heterocycles. The zero-order valence-electron chi connectivity index (χ0n) is 19.7. The summed E-state index contributed by atoms with van der Waals surface area (Å²) in [6.45, 7) is 8.33. The Kier molecular flexibility index (Phi) is 6.71. The number of amides is 1. The van der Waals surface area contributed by atoms with Crippen molar-refractivity contribution in [2.24, 2.45) is 0 Å². The quantitative estimate of drug-likeness (QED) is 0.622. The molecule has 0 bridgehead atoms. The lowest BCUT2D eigenvalue weighted by Gasteiger charge is -2.36. The van der Waals surface area contributed by atoms with Crippen molar-refractivity contribution in [3.63, 3.8) is 0 Å². The van der Waals surface area contributed by atoms with Crippen LogP contribution in [0.25, 0.3) is 0 Å². The van der Waals surface area contributed by atoms with Gasteiger partial charge in [-0.2, -0.15) is 4.98 Å². The number of carbonyl (C=O) groups is 1. The van der Waals surface area contributed by atoms with Gasteiger partial charge in [0.25, 0.3) is 0 Å². The second-order valence-electron chi connectivity index (χ2n) is 9.60. The maximum Gasteiger partial charge on any atom is 0.410 e. The van der Waals surface area contributed by atoms with Crippen molar-refractivity contribution in [1.29, 1.82) is 0 Å². The SMILES string of the molecule is CC(C)(C)OC(=O)N1CCN(c2ccc(Nc3ncc(N)c(NC4CCCC4)n3)nc2)CC1. The molecule has 2 aromatic heterocycles. The molecule has 1 saturated heterocycles. The average molecular weight is 455 g/mol. The van der Waals surface area contributed by atoms with Gasteiger partial charge in [-0.3, -0.25) is 0 Å². The van der Waals surface area contributed by atoms with Gasteiger partial charge >= 0.3 is 6.09 Å². The van der Waals surface area contributed by atoms with E-state index in [0.717, 1.165) is 31.6 Å². The van der Waals surface area contributed by atoms with E-state index in [-0.39, 0.29) is 6.09 Å². The van der Waals surface area contributed by atoms with Crippen LogP contribution >= 0.6 is 0 Å². The molecule has 2 aliphatic rings. The number of nitrogens with two attached hydrogens (primary N) is 1. The maximum atomic E-state index is 12.3. The Balaban J connectivity index is 1.32. The number of anilines is 5. The van der Waals surface area contributed by atoms with Crippen LogP contribution < -0.4 is 21.3 Å². The minimum Gasteiger partial charge on any atom is -0.444 e. The third-order valence-electron chi connectivity index (χ3n) is 5.80. The Morgan fingerprint density at radius 3 is 2.45 bits per heavy atom. The van der Waals surface area contributed by atoms with Crippen LogP contribution in [-0.4, -0.2) is 63.8 Å². The highest BCUT2D eigenvalue weighted by Gasteiger charge is 2.26. The first kappa shape index (κ1) is 22.9. The van der Waals surface area contributed by atoms with Gasteiger partial charge in [-0.25, -0.2) is 14.8 Å². The standard InChI is InChI=1S/C23H34N8O2/c1-23(2,3)33-22(32)31-12-10-30(11-13-31)17-8-9-19(25-14-17)28-21-26-15-18(24)20(29-21)27-16-6-4-5-7-16/h8-9,14-16H,4-7,10-13,24H2,1-3H3,(H2,25,26,27,28,29). The van der Waals surface area contributed by atoms with Crippen LogP contribution in [-0.2, 0) is 4.74 Å². The van der Waals surface area contributed by atoms with Crippen LogP contribution in [0.3, 0.4) is 0 Å². The summed E-state index contributed by atoms with van der Waals surface area (Å²) in [6, 6.07) is 4.33. The van der Waals surface area contributed by atoms with Gasteiger partial charge in [0.2, 0.25) is 5.95 Å². The monoisotopic (exact) mass is 454 g/mol. The first-order chi connectivity index (χ1) is 15.8. The topological polar surface area (TPSA) is 122 Å². The molecule has 33 heavy (non-hydrogen) atoms. The van der Waals surface area contributed by atoms with Crippen LogP contribution in [0, 0.1) is 0 Å². The molecule has 10 heteroatoms. The van der Waals surface area contributed by atoms with Crippen molar-refractivity contribution in [2.75, 3.05) is 47.4 Å². The van der Waals surface area contributed by atoms with Crippen LogP contribution in [0.1, 0.15) is 46.5 Å². The summed E-state index contributed by atoms with van der Waals surface area (Å²) in [5.74, 6) is 1.78. The Morgan fingerprint density at radius 2 is 1.82 bits per heavy atom. The highest BCUT2D eigenvalue weighted by molar-refractivity contribution is 5.69. The fourth-order valence-electron chi connectivity index (χ4n) is 4.07. The number of hydrogen-bond donors (Lipinski definition) is 3. The van der Waals surface area contributed by atoms with Crippen molar-refractivity contribution in [1.82, 2.24) is 19.9 Å². The smallest absolute Gasteiger partial charge is 0.410 e. The van der Waals surface area contributed by atoms with E-state index in [9.17, 15) is 4.79 Å². The van der Waals surface area contributed by atoms with E-state index in [2.05, 4.69) is 30.5 Å². The lowest BCUT2D eigenvalue weighted by molar-refractivity contribution is 0.0240.